The first-order valence-corrected chi connectivity index (χ1v) is 3.43. The van der Waals surface area contributed by atoms with Crippen LogP contribution >= 0.6 is 0 Å². The summed E-state index contributed by atoms with van der Waals surface area (Å²) in [4.78, 5) is 0. The molecule has 1 rings (SSSR count). The van der Waals surface area contributed by atoms with Gasteiger partial charge in [0, 0.05) is 18.6 Å². The summed E-state index contributed by atoms with van der Waals surface area (Å²) >= 11 is 0. The monoisotopic (exact) mass is 130 g/mol. The Balaban J connectivity index is 2.20. The molecule has 0 saturated carbocycles. The summed E-state index contributed by atoms with van der Waals surface area (Å²) in [5.74, 6) is 0. The van der Waals surface area contributed by atoms with E-state index in [1.54, 1.807) is 0 Å². The Morgan fingerprint density at radius 1 is 1.44 bits per heavy atom. The molecule has 1 aliphatic rings. The van der Waals surface area contributed by atoms with E-state index < -0.39 is 0 Å². The van der Waals surface area contributed by atoms with Gasteiger partial charge in [-0.2, -0.15) is 0 Å². The Bertz CT molecular complexity index is 77.1. The number of aliphatic hydroxyl groups is 1. The second-order valence-corrected chi connectivity index (χ2v) is 2.56. The van der Waals surface area contributed by atoms with Crippen molar-refractivity contribution in [3.63, 3.8) is 0 Å². The number of nitrogens with one attached hydrogen (secondary N) is 1. The zero-order valence-electron chi connectivity index (χ0n) is 5.51. The fourth-order valence-corrected chi connectivity index (χ4v) is 1.23. The summed E-state index contributed by atoms with van der Waals surface area (Å²) in [7, 11) is 0. The highest BCUT2D eigenvalue weighted by atomic mass is 16.3. The highest BCUT2D eigenvalue weighted by Crippen LogP contribution is 2.09. The smallest absolute Gasteiger partial charge is 0.0584 e. The predicted octanol–water partition coefficient (Wildman–Crippen LogP) is -0.942. The van der Waals surface area contributed by atoms with Crippen molar-refractivity contribution in [2.75, 3.05) is 13.2 Å². The number of rotatable bonds is 2. The third kappa shape index (κ3) is 1.64. The van der Waals surface area contributed by atoms with Gasteiger partial charge in [-0.15, -0.1) is 0 Å². The zero-order chi connectivity index (χ0) is 6.69. The molecule has 1 aliphatic heterocycles. The Morgan fingerprint density at radius 3 is 2.44 bits per heavy atom. The molecule has 1 saturated heterocycles. The number of nitrogens with two attached hydrogens (primary N) is 1. The summed E-state index contributed by atoms with van der Waals surface area (Å²) in [5.41, 5.74) is 5.41. The van der Waals surface area contributed by atoms with Gasteiger partial charge in [0.15, 0.2) is 0 Å². The van der Waals surface area contributed by atoms with Gasteiger partial charge in [-0.1, -0.05) is 0 Å². The lowest BCUT2D eigenvalue weighted by Gasteiger charge is -2.08. The van der Waals surface area contributed by atoms with Crippen LogP contribution in [0.3, 0.4) is 0 Å². The van der Waals surface area contributed by atoms with Crippen molar-refractivity contribution in [2.45, 2.75) is 24.9 Å². The Kier molecular flexibility index (Phi) is 2.45. The van der Waals surface area contributed by atoms with Crippen molar-refractivity contribution >= 4 is 0 Å². The quantitative estimate of drug-likeness (QED) is 0.452. The highest BCUT2D eigenvalue weighted by Gasteiger charge is 2.20. The molecule has 4 N–H and O–H groups in total. The topological polar surface area (TPSA) is 58.3 Å². The van der Waals surface area contributed by atoms with Crippen molar-refractivity contribution in [1.82, 2.24) is 5.32 Å². The molecule has 54 valence electrons. The molecule has 0 aromatic heterocycles. The fourth-order valence-electron chi connectivity index (χ4n) is 1.23. The minimum absolute atomic E-state index is 0.247. The number of aliphatic hydroxyl groups excluding tert-OH is 1. The molecular formula is C6H14N2O. The van der Waals surface area contributed by atoms with Gasteiger partial charge < -0.3 is 16.2 Å². The van der Waals surface area contributed by atoms with Crippen LogP contribution in [0.25, 0.3) is 0 Å². The summed E-state index contributed by atoms with van der Waals surface area (Å²) in [6.07, 6.45) is 2.18. The normalized spacial score (nSPS) is 35.3. The van der Waals surface area contributed by atoms with E-state index >= 15 is 0 Å². The van der Waals surface area contributed by atoms with Crippen LogP contribution in [0, 0.1) is 0 Å². The second kappa shape index (κ2) is 3.15. The van der Waals surface area contributed by atoms with Crippen LogP contribution in [0.1, 0.15) is 12.8 Å². The van der Waals surface area contributed by atoms with Crippen LogP contribution in [0.2, 0.25) is 0 Å². The van der Waals surface area contributed by atoms with Crippen LogP contribution in [0.4, 0.5) is 0 Å². The van der Waals surface area contributed by atoms with Crippen molar-refractivity contribution in [2.24, 2.45) is 5.73 Å². The van der Waals surface area contributed by atoms with E-state index in [0.29, 0.717) is 18.6 Å². The lowest BCUT2D eigenvalue weighted by molar-refractivity contribution is 0.252. The van der Waals surface area contributed by atoms with E-state index in [2.05, 4.69) is 5.32 Å². The third-order valence-corrected chi connectivity index (χ3v) is 1.84. The number of hydrogen-bond acceptors (Lipinski definition) is 3. The summed E-state index contributed by atoms with van der Waals surface area (Å²) in [5, 5.41) is 11.9. The molecule has 2 unspecified atom stereocenters. The molecule has 1 fully saturated rings. The molecule has 0 aliphatic carbocycles. The lowest BCUT2D eigenvalue weighted by Crippen LogP contribution is -2.36. The van der Waals surface area contributed by atoms with Gasteiger partial charge in [0.05, 0.1) is 6.61 Å². The average Bonchev–Trinajstić information content (AvgIpc) is 2.34. The van der Waals surface area contributed by atoms with E-state index in [-0.39, 0.29) is 6.61 Å². The van der Waals surface area contributed by atoms with Crippen LogP contribution < -0.4 is 11.1 Å². The molecule has 0 aromatic carbocycles. The summed E-state index contributed by atoms with van der Waals surface area (Å²) < 4.78 is 0. The van der Waals surface area contributed by atoms with E-state index in [4.69, 9.17) is 10.8 Å². The second-order valence-electron chi connectivity index (χ2n) is 2.56. The molecule has 3 heteroatoms. The Hall–Kier alpha value is -0.120. The first kappa shape index (κ1) is 6.99. The van der Waals surface area contributed by atoms with Gasteiger partial charge in [-0.05, 0) is 12.8 Å². The molecule has 0 spiro atoms. The fraction of sp³-hybridized carbons (Fsp3) is 1.00. The van der Waals surface area contributed by atoms with E-state index in [0.717, 1.165) is 12.8 Å². The largest absolute Gasteiger partial charge is 0.395 e. The summed E-state index contributed by atoms with van der Waals surface area (Å²) in [6, 6.07) is 0.751. The van der Waals surface area contributed by atoms with Gasteiger partial charge in [-0.25, -0.2) is 0 Å². The summed E-state index contributed by atoms with van der Waals surface area (Å²) in [6.45, 7) is 0.938. The van der Waals surface area contributed by atoms with Crippen molar-refractivity contribution in [3.05, 3.63) is 0 Å². The van der Waals surface area contributed by atoms with Crippen molar-refractivity contribution in [1.29, 1.82) is 0 Å². The van der Waals surface area contributed by atoms with Crippen LogP contribution in [-0.4, -0.2) is 30.3 Å². The van der Waals surface area contributed by atoms with E-state index in [9.17, 15) is 0 Å². The molecular weight excluding hydrogens is 116 g/mol. The molecule has 0 radical (unpaired) electrons. The van der Waals surface area contributed by atoms with Crippen molar-refractivity contribution in [3.8, 4) is 0 Å². The van der Waals surface area contributed by atoms with Gasteiger partial charge in [-0.3, -0.25) is 0 Å². The maximum Gasteiger partial charge on any atom is 0.0584 e. The maximum absolute atomic E-state index is 8.68. The Morgan fingerprint density at radius 2 is 2.11 bits per heavy atom. The third-order valence-electron chi connectivity index (χ3n) is 1.84. The van der Waals surface area contributed by atoms with Gasteiger partial charge in [0.25, 0.3) is 0 Å². The Labute approximate surface area is 55.2 Å². The standard InChI is InChI=1S/C6H14N2O/c7-3-5-1-2-6(4-9)8-5/h5-6,8-9H,1-4,7H2. The molecule has 0 amide bonds. The van der Waals surface area contributed by atoms with E-state index in [1.165, 1.54) is 0 Å². The molecule has 3 nitrogen and oxygen atoms in total. The highest BCUT2D eigenvalue weighted by molar-refractivity contribution is 4.82. The van der Waals surface area contributed by atoms with Crippen LogP contribution in [-0.2, 0) is 0 Å². The molecule has 9 heavy (non-hydrogen) atoms. The number of hydrogen-bond donors (Lipinski definition) is 3. The first-order chi connectivity index (χ1) is 4.36. The predicted molar refractivity (Wildman–Crippen MR) is 36.1 cm³/mol. The SMILES string of the molecule is NCC1CCC(CO)N1. The van der Waals surface area contributed by atoms with Gasteiger partial charge in [0.2, 0.25) is 0 Å². The molecule has 0 bridgehead atoms. The minimum atomic E-state index is 0.247. The minimum Gasteiger partial charge on any atom is -0.395 e. The van der Waals surface area contributed by atoms with Crippen LogP contribution in [0.15, 0.2) is 0 Å². The van der Waals surface area contributed by atoms with Gasteiger partial charge in [0.1, 0.15) is 0 Å². The molecule has 2 atom stereocenters. The van der Waals surface area contributed by atoms with Crippen molar-refractivity contribution < 1.29 is 5.11 Å². The lowest BCUT2D eigenvalue weighted by atomic mass is 10.2. The van der Waals surface area contributed by atoms with Crippen LogP contribution in [0.5, 0.6) is 0 Å². The zero-order valence-corrected chi connectivity index (χ0v) is 5.51. The maximum atomic E-state index is 8.68. The molecule has 0 aromatic rings. The molecule has 1 heterocycles. The van der Waals surface area contributed by atoms with E-state index in [1.807, 2.05) is 0 Å². The first-order valence-electron chi connectivity index (χ1n) is 3.43. The van der Waals surface area contributed by atoms with Gasteiger partial charge >= 0.3 is 0 Å². The average molecular weight is 130 g/mol.